The van der Waals surface area contributed by atoms with Gasteiger partial charge in [-0.1, -0.05) is 0 Å². The molecule has 0 aliphatic carbocycles. The highest BCUT2D eigenvalue weighted by atomic mass is 35.7. The molecule has 86 valence electrons. The van der Waals surface area contributed by atoms with E-state index >= 15 is 0 Å². The van der Waals surface area contributed by atoms with Crippen molar-refractivity contribution in [2.75, 3.05) is 0 Å². The van der Waals surface area contributed by atoms with E-state index in [4.69, 9.17) is 10.7 Å². The average molecular weight is 262 g/mol. The first-order valence-electron chi connectivity index (χ1n) is 4.55. The third kappa shape index (κ3) is 2.36. The summed E-state index contributed by atoms with van der Waals surface area (Å²) in [4.78, 5) is 3.01. The number of hydrogen-bond donors (Lipinski definition) is 1. The van der Waals surface area contributed by atoms with Gasteiger partial charge in [-0.2, -0.15) is 0 Å². The predicted octanol–water partition coefficient (Wildman–Crippen LogP) is 2.68. The minimum Gasteiger partial charge on any atom is -0.359 e. The Morgan fingerprint density at radius 1 is 1.38 bits per heavy atom. The van der Waals surface area contributed by atoms with E-state index in [1.165, 1.54) is 12.1 Å². The van der Waals surface area contributed by atoms with Crippen LogP contribution in [0.1, 0.15) is 11.3 Å². The number of aromatic nitrogens is 1. The quantitative estimate of drug-likeness (QED) is 0.845. The van der Waals surface area contributed by atoms with Gasteiger partial charge in [0.2, 0.25) is 9.05 Å². The minimum atomic E-state index is -3.74. The zero-order chi connectivity index (χ0) is 11.9. The fraction of sp³-hybridized carbons (Fsp3) is 0.200. The van der Waals surface area contributed by atoms with Gasteiger partial charge in [-0.05, 0) is 25.1 Å². The number of fused-ring (bicyclic) bond motifs is 1. The summed E-state index contributed by atoms with van der Waals surface area (Å²) in [6, 6.07) is 4.56. The van der Waals surface area contributed by atoms with Gasteiger partial charge in [0.05, 0.1) is 5.75 Å². The highest BCUT2D eigenvalue weighted by Gasteiger charge is 2.13. The molecule has 0 saturated heterocycles. The second-order valence-corrected chi connectivity index (χ2v) is 6.44. The lowest BCUT2D eigenvalue weighted by Gasteiger charge is -2.00. The fourth-order valence-corrected chi connectivity index (χ4v) is 2.58. The number of nitrogens with one attached hydrogen (secondary N) is 1. The molecule has 16 heavy (non-hydrogen) atoms. The molecule has 2 rings (SSSR count). The van der Waals surface area contributed by atoms with Crippen molar-refractivity contribution in [3.63, 3.8) is 0 Å². The Labute approximate surface area is 96.7 Å². The molecular formula is C10H9ClFNO2S. The Kier molecular flexibility index (Phi) is 2.67. The molecule has 2 aromatic rings. The van der Waals surface area contributed by atoms with Gasteiger partial charge in [0.1, 0.15) is 5.82 Å². The third-order valence-electron chi connectivity index (χ3n) is 2.25. The molecule has 0 bridgehead atoms. The van der Waals surface area contributed by atoms with E-state index in [9.17, 15) is 12.8 Å². The van der Waals surface area contributed by atoms with Crippen molar-refractivity contribution < 1.29 is 12.8 Å². The molecule has 1 heterocycles. The standard InChI is InChI=1S/C10H9ClFNO2S/c1-6-2-7-3-9(12)8(4-10(7)13-6)5-16(11,14)15/h2-4,13H,5H2,1H3. The average Bonchev–Trinajstić information content (AvgIpc) is 2.42. The van der Waals surface area contributed by atoms with Crippen LogP contribution in [0.15, 0.2) is 18.2 Å². The van der Waals surface area contributed by atoms with Crippen LogP contribution >= 0.6 is 10.7 Å². The normalized spacial score (nSPS) is 12.2. The molecule has 0 atom stereocenters. The van der Waals surface area contributed by atoms with E-state index < -0.39 is 20.6 Å². The van der Waals surface area contributed by atoms with Crippen molar-refractivity contribution in [3.05, 3.63) is 35.3 Å². The predicted molar refractivity (Wildman–Crippen MR) is 61.5 cm³/mol. The first-order valence-corrected chi connectivity index (χ1v) is 7.03. The monoisotopic (exact) mass is 261 g/mol. The topological polar surface area (TPSA) is 49.9 Å². The number of benzene rings is 1. The first kappa shape index (κ1) is 11.4. The Morgan fingerprint density at radius 3 is 2.69 bits per heavy atom. The lowest BCUT2D eigenvalue weighted by Crippen LogP contribution is -1.98. The fourth-order valence-electron chi connectivity index (χ4n) is 1.64. The van der Waals surface area contributed by atoms with Crippen molar-refractivity contribution >= 4 is 30.6 Å². The van der Waals surface area contributed by atoms with Crippen molar-refractivity contribution in [1.29, 1.82) is 0 Å². The van der Waals surface area contributed by atoms with Crippen LogP contribution in [0.5, 0.6) is 0 Å². The summed E-state index contributed by atoms with van der Waals surface area (Å²) in [5.74, 6) is -1.07. The molecule has 0 aliphatic heterocycles. The van der Waals surface area contributed by atoms with Gasteiger partial charge in [-0.15, -0.1) is 0 Å². The van der Waals surface area contributed by atoms with Gasteiger partial charge < -0.3 is 4.98 Å². The molecule has 0 saturated carbocycles. The Hall–Kier alpha value is -1.07. The third-order valence-corrected chi connectivity index (χ3v) is 3.23. The molecule has 0 amide bonds. The summed E-state index contributed by atoms with van der Waals surface area (Å²) in [6.45, 7) is 1.84. The van der Waals surface area contributed by atoms with E-state index in [1.54, 1.807) is 6.07 Å². The molecule has 1 aromatic carbocycles. The maximum absolute atomic E-state index is 13.5. The second-order valence-electron chi connectivity index (χ2n) is 3.67. The van der Waals surface area contributed by atoms with Crippen LogP contribution in [0.2, 0.25) is 0 Å². The number of aromatic amines is 1. The van der Waals surface area contributed by atoms with Crippen LogP contribution < -0.4 is 0 Å². The van der Waals surface area contributed by atoms with Crippen LogP contribution in [-0.4, -0.2) is 13.4 Å². The Bertz CT molecular complexity index is 648. The summed E-state index contributed by atoms with van der Waals surface area (Å²) >= 11 is 0. The maximum atomic E-state index is 13.5. The van der Waals surface area contributed by atoms with Gasteiger partial charge in [-0.25, -0.2) is 12.8 Å². The van der Waals surface area contributed by atoms with Gasteiger partial charge in [0.25, 0.3) is 0 Å². The molecule has 0 fully saturated rings. The van der Waals surface area contributed by atoms with Gasteiger partial charge >= 0.3 is 0 Å². The van der Waals surface area contributed by atoms with Crippen LogP contribution in [0.25, 0.3) is 10.9 Å². The van der Waals surface area contributed by atoms with E-state index in [0.717, 1.165) is 5.69 Å². The molecule has 0 radical (unpaired) electrons. The SMILES string of the molecule is Cc1cc2cc(F)c(CS(=O)(=O)Cl)cc2[nH]1. The number of halogens is 2. The molecule has 6 heteroatoms. The number of H-pyrrole nitrogens is 1. The van der Waals surface area contributed by atoms with Crippen LogP contribution in [0.4, 0.5) is 4.39 Å². The lowest BCUT2D eigenvalue weighted by molar-refractivity contribution is 0.598. The zero-order valence-corrected chi connectivity index (χ0v) is 9.99. The van der Waals surface area contributed by atoms with E-state index in [0.29, 0.717) is 10.9 Å². The van der Waals surface area contributed by atoms with E-state index in [1.807, 2.05) is 6.92 Å². The molecule has 1 aromatic heterocycles. The number of aryl methyl sites for hydroxylation is 1. The molecule has 0 spiro atoms. The molecule has 0 unspecified atom stereocenters. The molecule has 0 aliphatic rings. The smallest absolute Gasteiger partial charge is 0.236 e. The summed E-state index contributed by atoms with van der Waals surface area (Å²) in [6.07, 6.45) is 0. The summed E-state index contributed by atoms with van der Waals surface area (Å²) < 4.78 is 35.3. The summed E-state index contributed by atoms with van der Waals surface area (Å²) in [5, 5.41) is 0.714. The van der Waals surface area contributed by atoms with Crippen molar-refractivity contribution in [2.45, 2.75) is 12.7 Å². The summed E-state index contributed by atoms with van der Waals surface area (Å²) in [7, 11) is 1.35. The molecular weight excluding hydrogens is 253 g/mol. The van der Waals surface area contributed by atoms with E-state index in [-0.39, 0.29) is 5.56 Å². The van der Waals surface area contributed by atoms with Gasteiger partial charge in [-0.3, -0.25) is 0 Å². The molecule has 3 nitrogen and oxygen atoms in total. The van der Waals surface area contributed by atoms with E-state index in [2.05, 4.69) is 4.98 Å². The Balaban J connectivity index is 2.58. The number of rotatable bonds is 2. The van der Waals surface area contributed by atoms with Crippen LogP contribution in [0.3, 0.4) is 0 Å². The van der Waals surface area contributed by atoms with Crippen molar-refractivity contribution in [1.82, 2.24) is 4.98 Å². The van der Waals surface area contributed by atoms with Gasteiger partial charge in [0.15, 0.2) is 0 Å². The summed E-state index contributed by atoms with van der Waals surface area (Å²) in [5.41, 5.74) is 1.67. The zero-order valence-electron chi connectivity index (χ0n) is 8.42. The highest BCUT2D eigenvalue weighted by molar-refractivity contribution is 8.13. The van der Waals surface area contributed by atoms with Crippen molar-refractivity contribution in [3.8, 4) is 0 Å². The minimum absolute atomic E-state index is 0.0735. The van der Waals surface area contributed by atoms with Gasteiger partial charge in [0, 0.05) is 32.8 Å². The molecule has 1 N–H and O–H groups in total. The van der Waals surface area contributed by atoms with Crippen LogP contribution in [-0.2, 0) is 14.8 Å². The van der Waals surface area contributed by atoms with Crippen molar-refractivity contribution in [2.24, 2.45) is 0 Å². The highest BCUT2D eigenvalue weighted by Crippen LogP contribution is 2.22. The van der Waals surface area contributed by atoms with Crippen LogP contribution in [0, 0.1) is 12.7 Å². The largest absolute Gasteiger partial charge is 0.359 e. The first-order chi connectivity index (χ1) is 7.35. The Morgan fingerprint density at radius 2 is 2.06 bits per heavy atom. The lowest BCUT2D eigenvalue weighted by atomic mass is 10.2. The maximum Gasteiger partial charge on any atom is 0.236 e. The number of hydrogen-bond acceptors (Lipinski definition) is 2. The second kappa shape index (κ2) is 3.75.